The van der Waals surface area contributed by atoms with Gasteiger partial charge in [-0.25, -0.2) is 0 Å². The number of piperidine rings is 1. The van der Waals surface area contributed by atoms with E-state index in [2.05, 4.69) is 11.4 Å². The van der Waals surface area contributed by atoms with E-state index in [0.717, 1.165) is 17.5 Å². The number of hydrogen-bond acceptors (Lipinski definition) is 4. The Kier molecular flexibility index (Phi) is 4.19. The zero-order valence-corrected chi connectivity index (χ0v) is 14.4. The second kappa shape index (κ2) is 6.21. The van der Waals surface area contributed by atoms with Crippen LogP contribution in [0.25, 0.3) is 0 Å². The molecule has 4 rings (SSSR count). The summed E-state index contributed by atoms with van der Waals surface area (Å²) < 4.78 is 0. The molecule has 0 spiro atoms. The van der Waals surface area contributed by atoms with Crippen molar-refractivity contribution in [2.75, 3.05) is 0 Å². The van der Waals surface area contributed by atoms with E-state index >= 15 is 0 Å². The lowest BCUT2D eigenvalue weighted by molar-refractivity contribution is -0.126. The van der Waals surface area contributed by atoms with E-state index in [9.17, 15) is 15.0 Å². The monoisotopic (exact) mass is 345 g/mol. The molecule has 7 atom stereocenters. The molecule has 2 fully saturated rings. The highest BCUT2D eigenvalue weighted by Crippen LogP contribution is 2.50. The summed E-state index contributed by atoms with van der Waals surface area (Å²) in [7, 11) is 0. The first-order chi connectivity index (χ1) is 11.6. The smallest absolute Gasteiger partial charge is 0.234 e. The fraction of sp³-hybridized carbons (Fsp3) is 0.526. The van der Waals surface area contributed by atoms with Gasteiger partial charge >= 0.3 is 0 Å². The molecule has 3 aliphatic rings. The van der Waals surface area contributed by atoms with Gasteiger partial charge in [-0.3, -0.25) is 4.79 Å². The number of rotatable bonds is 2. The summed E-state index contributed by atoms with van der Waals surface area (Å²) in [6.07, 6.45) is 2.81. The number of aliphatic hydroxyl groups is 2. The number of nitrogens with one attached hydrogen (secondary N) is 1. The molecule has 24 heavy (non-hydrogen) atoms. The minimum Gasteiger partial charge on any atom is -0.392 e. The van der Waals surface area contributed by atoms with E-state index < -0.39 is 12.2 Å². The number of hydrogen-bond donors (Lipinski definition) is 3. The van der Waals surface area contributed by atoms with Crippen LogP contribution in [0.1, 0.15) is 42.9 Å². The van der Waals surface area contributed by atoms with E-state index in [1.54, 1.807) is 18.7 Å². The van der Waals surface area contributed by atoms with Crippen molar-refractivity contribution >= 4 is 17.7 Å². The van der Waals surface area contributed by atoms with Crippen LogP contribution in [0.5, 0.6) is 0 Å². The predicted octanol–water partition coefficient (Wildman–Crippen LogP) is 2.34. The van der Waals surface area contributed by atoms with Crippen molar-refractivity contribution < 1.29 is 15.0 Å². The second-order valence-electron chi connectivity index (χ2n) is 7.17. The zero-order valence-electron chi connectivity index (χ0n) is 13.6. The van der Waals surface area contributed by atoms with Crippen molar-refractivity contribution in [1.82, 2.24) is 5.32 Å². The highest BCUT2D eigenvalue weighted by Gasteiger charge is 2.51. The molecule has 3 N–H and O–H groups in total. The van der Waals surface area contributed by atoms with E-state index in [-0.39, 0.29) is 35.0 Å². The summed E-state index contributed by atoms with van der Waals surface area (Å²) in [5, 5.41) is 25.6. The molecule has 1 aromatic carbocycles. The minimum absolute atomic E-state index is 0.0169. The van der Waals surface area contributed by atoms with E-state index in [0.29, 0.717) is 6.42 Å². The van der Waals surface area contributed by atoms with Crippen molar-refractivity contribution in [3.05, 3.63) is 46.9 Å². The van der Waals surface area contributed by atoms with E-state index in [1.165, 1.54) is 0 Å². The maximum atomic E-state index is 12.3. The maximum Gasteiger partial charge on any atom is 0.234 e. The van der Waals surface area contributed by atoms with Crippen molar-refractivity contribution in [3.8, 4) is 0 Å². The van der Waals surface area contributed by atoms with E-state index in [1.807, 2.05) is 29.7 Å². The Bertz CT molecular complexity index is 657. The average molecular weight is 345 g/mol. The summed E-state index contributed by atoms with van der Waals surface area (Å²) in [5.74, 6) is 0.560. The summed E-state index contributed by atoms with van der Waals surface area (Å²) in [5.41, 5.74) is 1.98. The van der Waals surface area contributed by atoms with Crippen LogP contribution in [0.2, 0.25) is 0 Å². The van der Waals surface area contributed by atoms with Gasteiger partial charge in [0.25, 0.3) is 0 Å². The van der Waals surface area contributed by atoms with Crippen LogP contribution < -0.4 is 5.32 Å². The quantitative estimate of drug-likeness (QED) is 0.769. The fourth-order valence-electron chi connectivity index (χ4n) is 4.59. The lowest BCUT2D eigenvalue weighted by Crippen LogP contribution is -2.59. The van der Waals surface area contributed by atoms with Gasteiger partial charge in [0.2, 0.25) is 5.91 Å². The number of thioether (sulfide) groups is 1. The molecule has 0 bridgehead atoms. The van der Waals surface area contributed by atoms with Crippen LogP contribution in [-0.2, 0) is 4.79 Å². The molecule has 4 nitrogen and oxygen atoms in total. The Labute approximate surface area is 146 Å². The molecule has 0 aromatic heterocycles. The minimum atomic E-state index is -0.490. The zero-order chi connectivity index (χ0) is 16.8. The van der Waals surface area contributed by atoms with Crippen molar-refractivity contribution in [2.45, 2.75) is 49.2 Å². The lowest BCUT2D eigenvalue weighted by atomic mass is 9.63. The number of allylic oxidation sites excluding steroid dienone is 1. The Hall–Kier alpha value is -1.30. The first kappa shape index (κ1) is 16.2. The van der Waals surface area contributed by atoms with Gasteiger partial charge in [-0.15, -0.1) is 11.8 Å². The van der Waals surface area contributed by atoms with Crippen LogP contribution in [0.4, 0.5) is 0 Å². The number of carbonyl (C=O) groups excluding carboxylic acids is 1. The third kappa shape index (κ3) is 2.59. The van der Waals surface area contributed by atoms with Crippen LogP contribution in [-0.4, -0.2) is 33.5 Å². The standard InChI is InChI=1S/C19H23NO3S/c1-10(21)11-2-4-12(5-3-11)16-15(22)7-6-14-17(16)13-8-9-24-18(13)19(23)20-14/h2-5,8-10,13-18,21-22H,6-7H2,1H3,(H,20,23). The SMILES string of the molecule is CC(O)c1ccc(C2C(O)CCC3NC(=O)C4SC=CC4C32)cc1. The topological polar surface area (TPSA) is 69.6 Å². The highest BCUT2D eigenvalue weighted by atomic mass is 32.2. The van der Waals surface area contributed by atoms with Crippen LogP contribution in [0, 0.1) is 11.8 Å². The molecule has 2 heterocycles. The molecule has 5 heteroatoms. The molecule has 1 saturated heterocycles. The van der Waals surface area contributed by atoms with Gasteiger partial charge in [0.15, 0.2) is 0 Å². The molecule has 1 amide bonds. The molecule has 0 radical (unpaired) electrons. The third-order valence-corrected chi connectivity index (χ3v) is 6.91. The first-order valence-electron chi connectivity index (χ1n) is 8.65. The van der Waals surface area contributed by atoms with Crippen molar-refractivity contribution in [1.29, 1.82) is 0 Å². The number of carbonyl (C=O) groups is 1. The second-order valence-corrected chi connectivity index (χ2v) is 8.22. The Morgan fingerprint density at radius 1 is 1.25 bits per heavy atom. The van der Waals surface area contributed by atoms with E-state index in [4.69, 9.17) is 0 Å². The van der Waals surface area contributed by atoms with Crippen molar-refractivity contribution in [3.63, 3.8) is 0 Å². The molecule has 128 valence electrons. The number of amides is 1. The molecular weight excluding hydrogens is 322 g/mol. The number of benzene rings is 1. The summed E-state index contributed by atoms with van der Waals surface area (Å²) >= 11 is 1.59. The fourth-order valence-corrected chi connectivity index (χ4v) is 5.68. The van der Waals surface area contributed by atoms with Gasteiger partial charge < -0.3 is 15.5 Å². The largest absolute Gasteiger partial charge is 0.392 e. The Morgan fingerprint density at radius 2 is 2.00 bits per heavy atom. The van der Waals surface area contributed by atoms with Crippen LogP contribution in [0.15, 0.2) is 35.7 Å². The Morgan fingerprint density at radius 3 is 2.71 bits per heavy atom. The van der Waals surface area contributed by atoms with Crippen LogP contribution >= 0.6 is 11.8 Å². The summed E-state index contributed by atoms with van der Waals surface area (Å²) in [6, 6.07) is 8.06. The first-order valence-corrected chi connectivity index (χ1v) is 9.59. The van der Waals surface area contributed by atoms with Gasteiger partial charge in [0.1, 0.15) is 0 Å². The van der Waals surface area contributed by atoms with Gasteiger partial charge in [-0.1, -0.05) is 30.3 Å². The number of fused-ring (bicyclic) bond motifs is 3. The maximum absolute atomic E-state index is 12.3. The van der Waals surface area contributed by atoms with Gasteiger partial charge in [-0.05, 0) is 42.2 Å². The van der Waals surface area contributed by atoms with Gasteiger partial charge in [-0.2, -0.15) is 0 Å². The third-order valence-electron chi connectivity index (χ3n) is 5.78. The average Bonchev–Trinajstić information content (AvgIpc) is 3.06. The van der Waals surface area contributed by atoms with Crippen molar-refractivity contribution in [2.24, 2.45) is 11.8 Å². The summed E-state index contributed by atoms with van der Waals surface area (Å²) in [4.78, 5) is 12.3. The lowest BCUT2D eigenvalue weighted by Gasteiger charge is -2.48. The predicted molar refractivity (Wildman–Crippen MR) is 94.5 cm³/mol. The summed E-state index contributed by atoms with van der Waals surface area (Å²) in [6.45, 7) is 1.75. The molecule has 2 aliphatic heterocycles. The van der Waals surface area contributed by atoms with Gasteiger partial charge in [0, 0.05) is 17.9 Å². The molecule has 1 aromatic rings. The van der Waals surface area contributed by atoms with Crippen LogP contribution in [0.3, 0.4) is 0 Å². The molecule has 1 aliphatic carbocycles. The van der Waals surface area contributed by atoms with Gasteiger partial charge in [0.05, 0.1) is 17.5 Å². The molecule has 1 saturated carbocycles. The normalized spacial score (nSPS) is 39.0. The number of aliphatic hydroxyl groups excluding tert-OH is 2. The molecular formula is C19H23NO3S. The molecule has 7 unspecified atom stereocenters. The Balaban J connectivity index is 1.69. The highest BCUT2D eigenvalue weighted by molar-refractivity contribution is 8.03.